The van der Waals surface area contributed by atoms with Crippen LogP contribution in [-0.2, 0) is 30.2 Å². The second-order valence-electron chi connectivity index (χ2n) is 11.3. The van der Waals surface area contributed by atoms with Crippen LogP contribution in [0.15, 0.2) is 30.3 Å². The lowest BCUT2D eigenvalue weighted by Crippen LogP contribution is -2.58. The fourth-order valence-corrected chi connectivity index (χ4v) is 5.28. The maximum Gasteiger partial charge on any atom is 0.457 e. The third-order valence-electron chi connectivity index (χ3n) is 8.06. The number of esters is 1. The van der Waals surface area contributed by atoms with E-state index in [-0.39, 0.29) is 36.8 Å². The zero-order valence-electron chi connectivity index (χ0n) is 23.0. The van der Waals surface area contributed by atoms with Gasteiger partial charge in [-0.25, -0.2) is 9.59 Å². The fourth-order valence-electron chi connectivity index (χ4n) is 5.28. The molecule has 1 aromatic rings. The van der Waals surface area contributed by atoms with Gasteiger partial charge in [0.1, 0.15) is 12.1 Å². The highest BCUT2D eigenvalue weighted by molar-refractivity contribution is 6.45. The van der Waals surface area contributed by atoms with Crippen molar-refractivity contribution in [3.05, 3.63) is 35.9 Å². The lowest BCUT2D eigenvalue weighted by molar-refractivity contribution is -0.156. The van der Waals surface area contributed by atoms with Crippen LogP contribution in [0.4, 0.5) is 4.79 Å². The summed E-state index contributed by atoms with van der Waals surface area (Å²) in [6, 6.07) is 9.56. The molecule has 2 saturated heterocycles. The molecule has 2 aliphatic heterocycles. The summed E-state index contributed by atoms with van der Waals surface area (Å²) >= 11 is 0. The minimum absolute atomic E-state index is 0.0448. The molecule has 0 aromatic heterocycles. The van der Waals surface area contributed by atoms with Crippen LogP contribution in [0.1, 0.15) is 58.9 Å². The van der Waals surface area contributed by atoms with Crippen molar-refractivity contribution in [1.29, 1.82) is 0 Å². The number of hydrogen-bond donors (Lipinski definition) is 0. The lowest BCUT2D eigenvalue weighted by Gasteiger charge is -2.40. The Labute approximate surface area is 216 Å². The van der Waals surface area contributed by atoms with Crippen molar-refractivity contribution >= 4 is 19.2 Å². The third kappa shape index (κ3) is 6.06. The van der Waals surface area contributed by atoms with Crippen molar-refractivity contribution in [1.82, 2.24) is 9.80 Å². The van der Waals surface area contributed by atoms with E-state index in [1.165, 1.54) is 7.11 Å². The van der Waals surface area contributed by atoms with E-state index in [1.807, 2.05) is 77.0 Å². The SMILES string of the molecule is COC(=O)[C@]1(CCN(C)C)[C@H](CCCB2OC(C)(C)C(C)(C)O2)CCN1C(=O)OCc1ccccc1. The number of carbonyl (C=O) groups is 2. The molecule has 200 valence electrons. The van der Waals surface area contributed by atoms with E-state index in [1.54, 1.807) is 4.90 Å². The lowest BCUT2D eigenvalue weighted by atomic mass is 9.75. The standard InChI is InChI=1S/C27H43BN2O6/c1-25(2)26(3,4)36-28(35-25)17-11-14-22-15-18-30(24(32)34-20-21-12-9-8-10-13-21)27(22,23(31)33-7)16-19-29(5)6/h8-10,12-13,22H,11,14-20H2,1-7H3/t22-,27+/m1/s1. The summed E-state index contributed by atoms with van der Waals surface area (Å²) in [7, 11) is 5.04. The van der Waals surface area contributed by atoms with Gasteiger partial charge in [-0.05, 0) is 78.9 Å². The minimum atomic E-state index is -1.07. The first-order valence-electron chi connectivity index (χ1n) is 13.0. The Balaban J connectivity index is 1.73. The summed E-state index contributed by atoms with van der Waals surface area (Å²) < 4.78 is 23.3. The summed E-state index contributed by atoms with van der Waals surface area (Å²) in [5, 5.41) is 0. The van der Waals surface area contributed by atoms with Gasteiger partial charge in [-0.3, -0.25) is 4.90 Å². The monoisotopic (exact) mass is 502 g/mol. The molecule has 9 heteroatoms. The van der Waals surface area contributed by atoms with Gasteiger partial charge in [0.25, 0.3) is 0 Å². The van der Waals surface area contributed by atoms with Crippen molar-refractivity contribution in [2.75, 3.05) is 34.3 Å². The van der Waals surface area contributed by atoms with Crippen molar-refractivity contribution in [3.8, 4) is 0 Å². The molecule has 0 spiro atoms. The molecule has 2 atom stereocenters. The molecule has 0 N–H and O–H groups in total. The predicted molar refractivity (Wildman–Crippen MR) is 139 cm³/mol. The van der Waals surface area contributed by atoms with Crippen LogP contribution in [0.25, 0.3) is 0 Å². The van der Waals surface area contributed by atoms with E-state index in [4.69, 9.17) is 18.8 Å². The van der Waals surface area contributed by atoms with Crippen LogP contribution in [0.2, 0.25) is 6.32 Å². The number of nitrogens with zero attached hydrogens (tertiary/aromatic N) is 2. The Kier molecular flexibility index (Phi) is 9.12. The van der Waals surface area contributed by atoms with E-state index >= 15 is 0 Å². The molecule has 2 fully saturated rings. The number of methoxy groups -OCH3 is 1. The number of carbonyl (C=O) groups excluding carboxylic acids is 2. The summed E-state index contributed by atoms with van der Waals surface area (Å²) in [5.74, 6) is -0.421. The molecule has 0 unspecified atom stereocenters. The number of likely N-dealkylation sites (tertiary alicyclic amines) is 1. The zero-order chi connectivity index (χ0) is 26.6. The van der Waals surface area contributed by atoms with Crippen molar-refractivity contribution in [3.63, 3.8) is 0 Å². The highest BCUT2D eigenvalue weighted by Gasteiger charge is 2.57. The summed E-state index contributed by atoms with van der Waals surface area (Å²) in [4.78, 5) is 30.4. The van der Waals surface area contributed by atoms with Gasteiger partial charge in [0, 0.05) is 13.1 Å². The molecule has 0 saturated carbocycles. The maximum atomic E-state index is 13.4. The van der Waals surface area contributed by atoms with Gasteiger partial charge in [-0.15, -0.1) is 0 Å². The molecule has 2 heterocycles. The van der Waals surface area contributed by atoms with Crippen LogP contribution >= 0.6 is 0 Å². The Bertz CT molecular complexity index is 878. The first-order chi connectivity index (χ1) is 16.9. The molecule has 3 rings (SSSR count). The third-order valence-corrected chi connectivity index (χ3v) is 8.06. The summed E-state index contributed by atoms with van der Waals surface area (Å²) in [6.45, 7) is 9.45. The number of ether oxygens (including phenoxy) is 2. The van der Waals surface area contributed by atoms with Gasteiger partial charge in [-0.1, -0.05) is 36.8 Å². The number of hydrogen-bond acceptors (Lipinski definition) is 7. The topological polar surface area (TPSA) is 77.5 Å². The molecular formula is C27H43BN2O6. The van der Waals surface area contributed by atoms with Crippen LogP contribution in [0, 0.1) is 5.92 Å². The van der Waals surface area contributed by atoms with E-state index in [0.717, 1.165) is 24.7 Å². The zero-order valence-corrected chi connectivity index (χ0v) is 23.0. The Morgan fingerprint density at radius 2 is 1.75 bits per heavy atom. The quantitative estimate of drug-likeness (QED) is 0.347. The van der Waals surface area contributed by atoms with Gasteiger partial charge >= 0.3 is 19.2 Å². The Morgan fingerprint density at radius 1 is 1.11 bits per heavy atom. The van der Waals surface area contributed by atoms with Crippen molar-refractivity contribution < 1.29 is 28.4 Å². The van der Waals surface area contributed by atoms with Crippen LogP contribution < -0.4 is 0 Å². The van der Waals surface area contributed by atoms with Crippen LogP contribution in [0.3, 0.4) is 0 Å². The second kappa shape index (κ2) is 11.5. The van der Waals surface area contributed by atoms with Gasteiger partial charge in [0.15, 0.2) is 0 Å². The van der Waals surface area contributed by atoms with Crippen LogP contribution in [0.5, 0.6) is 0 Å². The number of benzene rings is 1. The number of rotatable bonds is 10. The molecular weight excluding hydrogens is 459 g/mol. The summed E-state index contributed by atoms with van der Waals surface area (Å²) in [6.07, 6.45) is 3.02. The van der Waals surface area contributed by atoms with Gasteiger partial charge in [0.05, 0.1) is 18.3 Å². The molecule has 1 amide bonds. The van der Waals surface area contributed by atoms with Crippen molar-refractivity contribution in [2.45, 2.75) is 83.0 Å². The normalized spacial score (nSPS) is 24.8. The molecule has 0 radical (unpaired) electrons. The van der Waals surface area contributed by atoms with E-state index in [9.17, 15) is 9.59 Å². The molecule has 36 heavy (non-hydrogen) atoms. The van der Waals surface area contributed by atoms with Gasteiger partial charge < -0.3 is 23.7 Å². The van der Waals surface area contributed by atoms with E-state index in [2.05, 4.69) is 0 Å². The first kappa shape index (κ1) is 28.5. The van der Waals surface area contributed by atoms with Crippen molar-refractivity contribution in [2.24, 2.45) is 5.92 Å². The molecule has 0 aliphatic carbocycles. The van der Waals surface area contributed by atoms with E-state index < -0.39 is 11.6 Å². The minimum Gasteiger partial charge on any atom is -0.467 e. The fraction of sp³-hybridized carbons (Fsp3) is 0.704. The molecule has 2 aliphatic rings. The average Bonchev–Trinajstić information content (AvgIpc) is 3.29. The Hall–Kier alpha value is -2.10. The maximum absolute atomic E-state index is 13.4. The molecule has 0 bridgehead atoms. The Morgan fingerprint density at radius 3 is 2.33 bits per heavy atom. The highest BCUT2D eigenvalue weighted by atomic mass is 16.7. The first-order valence-corrected chi connectivity index (χ1v) is 13.0. The predicted octanol–water partition coefficient (Wildman–Crippen LogP) is 4.38. The van der Waals surface area contributed by atoms with Gasteiger partial charge in [-0.2, -0.15) is 0 Å². The molecule has 8 nitrogen and oxygen atoms in total. The van der Waals surface area contributed by atoms with Crippen LogP contribution in [-0.4, -0.2) is 80.0 Å². The number of amides is 1. The van der Waals surface area contributed by atoms with Gasteiger partial charge in [0.2, 0.25) is 0 Å². The molecule has 1 aromatic carbocycles. The summed E-state index contributed by atoms with van der Waals surface area (Å²) in [5.41, 5.74) is -0.902. The van der Waals surface area contributed by atoms with E-state index in [0.29, 0.717) is 25.9 Å². The largest absolute Gasteiger partial charge is 0.467 e. The smallest absolute Gasteiger partial charge is 0.457 e. The highest BCUT2D eigenvalue weighted by Crippen LogP contribution is 2.44. The average molecular weight is 502 g/mol. The second-order valence-corrected chi connectivity index (χ2v) is 11.3.